The van der Waals surface area contributed by atoms with Crippen molar-refractivity contribution < 1.29 is 19.1 Å². The van der Waals surface area contributed by atoms with E-state index in [1.165, 1.54) is 13.8 Å². The zero-order valence-electron chi connectivity index (χ0n) is 19.4. The second-order valence-corrected chi connectivity index (χ2v) is 9.87. The largest absolute Gasteiger partial charge is 0.381 e. The van der Waals surface area contributed by atoms with E-state index in [1.54, 1.807) is 56.6 Å². The van der Waals surface area contributed by atoms with E-state index < -0.39 is 22.3 Å². The van der Waals surface area contributed by atoms with E-state index in [1.807, 2.05) is 6.92 Å². The molecule has 1 fully saturated rings. The highest BCUT2D eigenvalue weighted by Crippen LogP contribution is 2.48. The van der Waals surface area contributed by atoms with Gasteiger partial charge in [-0.25, -0.2) is 4.39 Å². The smallest absolute Gasteiger partial charge is 0.258 e. The first-order valence-electron chi connectivity index (χ1n) is 10.6. The van der Waals surface area contributed by atoms with E-state index in [2.05, 4.69) is 20.4 Å². The molecule has 3 aromatic rings. The standard InChI is InChI=1S/C24H29FN4O3.ClH/c1-21(2,25)16-6-8-17(9-7-16)24(31,23(5)13-27-14-23)18-10-15(11-26-12-18)19-28-20(32-29-19)22(3,4)30;/h6-12,27,30-31H,13-14H2,1-5H3;1H/t24-;/m0./s1. The summed E-state index contributed by atoms with van der Waals surface area (Å²) >= 11 is 0. The van der Waals surface area contributed by atoms with Gasteiger partial charge < -0.3 is 20.1 Å². The Bertz CT molecular complexity index is 1120. The molecule has 1 aliphatic rings. The normalized spacial score (nSPS) is 17.6. The highest BCUT2D eigenvalue weighted by molar-refractivity contribution is 5.85. The van der Waals surface area contributed by atoms with Gasteiger partial charge in [-0.15, -0.1) is 12.4 Å². The number of pyridine rings is 1. The minimum Gasteiger partial charge on any atom is -0.381 e. The maximum atomic E-state index is 14.4. The average molecular weight is 477 g/mol. The first-order chi connectivity index (χ1) is 14.8. The Kier molecular flexibility index (Phi) is 6.45. The fourth-order valence-corrected chi connectivity index (χ4v) is 4.08. The lowest BCUT2D eigenvalue weighted by Gasteiger charge is -2.52. The van der Waals surface area contributed by atoms with Gasteiger partial charge in [0.2, 0.25) is 5.82 Å². The molecule has 0 saturated carbocycles. The topological polar surface area (TPSA) is 104 Å². The van der Waals surface area contributed by atoms with Crippen LogP contribution < -0.4 is 5.32 Å². The molecule has 1 atom stereocenters. The predicted molar refractivity (Wildman–Crippen MR) is 125 cm³/mol. The van der Waals surface area contributed by atoms with Gasteiger partial charge in [0.1, 0.15) is 16.9 Å². The van der Waals surface area contributed by atoms with Gasteiger partial charge in [-0.3, -0.25) is 4.98 Å². The van der Waals surface area contributed by atoms with Gasteiger partial charge in [0.05, 0.1) is 0 Å². The average Bonchev–Trinajstić information content (AvgIpc) is 3.22. The van der Waals surface area contributed by atoms with Crippen LogP contribution >= 0.6 is 12.4 Å². The van der Waals surface area contributed by atoms with Crippen LogP contribution in [0.3, 0.4) is 0 Å². The number of aromatic nitrogens is 3. The summed E-state index contributed by atoms with van der Waals surface area (Å²) in [5, 5.41) is 29.5. The number of nitrogens with one attached hydrogen (secondary N) is 1. The molecule has 1 aromatic carbocycles. The van der Waals surface area contributed by atoms with Gasteiger partial charge in [-0.1, -0.05) is 36.3 Å². The summed E-state index contributed by atoms with van der Waals surface area (Å²) < 4.78 is 19.6. The molecule has 33 heavy (non-hydrogen) atoms. The van der Waals surface area contributed by atoms with E-state index in [9.17, 15) is 14.6 Å². The van der Waals surface area contributed by atoms with Gasteiger partial charge in [-0.2, -0.15) is 4.98 Å². The molecule has 4 rings (SSSR count). The van der Waals surface area contributed by atoms with Gasteiger partial charge in [0.15, 0.2) is 0 Å². The van der Waals surface area contributed by atoms with Crippen molar-refractivity contribution in [3.63, 3.8) is 0 Å². The summed E-state index contributed by atoms with van der Waals surface area (Å²) in [6.07, 6.45) is 3.20. The molecule has 0 aliphatic carbocycles. The number of hydrogen-bond acceptors (Lipinski definition) is 7. The van der Waals surface area contributed by atoms with Crippen molar-refractivity contribution in [2.24, 2.45) is 5.41 Å². The fourth-order valence-electron chi connectivity index (χ4n) is 4.08. The Morgan fingerprint density at radius 3 is 2.09 bits per heavy atom. The summed E-state index contributed by atoms with van der Waals surface area (Å²) in [7, 11) is 0. The molecule has 7 nitrogen and oxygen atoms in total. The molecule has 0 amide bonds. The monoisotopic (exact) mass is 476 g/mol. The Hall–Kier alpha value is -2.39. The lowest BCUT2D eigenvalue weighted by atomic mass is 9.63. The molecular weight excluding hydrogens is 447 g/mol. The predicted octanol–water partition coefficient (Wildman–Crippen LogP) is 3.83. The number of halogens is 2. The van der Waals surface area contributed by atoms with E-state index >= 15 is 0 Å². The van der Waals surface area contributed by atoms with Crippen LogP contribution in [0.25, 0.3) is 11.4 Å². The molecule has 2 aromatic heterocycles. The van der Waals surface area contributed by atoms with Crippen LogP contribution in [0.5, 0.6) is 0 Å². The van der Waals surface area contributed by atoms with Crippen LogP contribution in [0.2, 0.25) is 0 Å². The molecule has 0 radical (unpaired) electrons. The molecule has 0 bridgehead atoms. The second kappa shape index (κ2) is 8.43. The van der Waals surface area contributed by atoms with Crippen LogP contribution in [0.1, 0.15) is 57.2 Å². The number of hydrogen-bond donors (Lipinski definition) is 3. The van der Waals surface area contributed by atoms with Gasteiger partial charge >= 0.3 is 0 Å². The molecule has 3 heterocycles. The quantitative estimate of drug-likeness (QED) is 0.496. The number of benzene rings is 1. The first kappa shape index (κ1) is 25.2. The van der Waals surface area contributed by atoms with Crippen LogP contribution in [0, 0.1) is 5.41 Å². The summed E-state index contributed by atoms with van der Waals surface area (Å²) in [4.78, 5) is 8.61. The molecule has 0 unspecified atom stereocenters. The summed E-state index contributed by atoms with van der Waals surface area (Å²) in [5.41, 5.74) is -2.32. The molecule has 1 aliphatic heterocycles. The van der Waals surface area contributed by atoms with Crippen molar-refractivity contribution in [1.29, 1.82) is 0 Å². The zero-order valence-corrected chi connectivity index (χ0v) is 20.2. The lowest BCUT2D eigenvalue weighted by Crippen LogP contribution is -2.63. The minimum absolute atomic E-state index is 0. The third-order valence-corrected chi connectivity index (χ3v) is 6.26. The molecule has 9 heteroatoms. The van der Waals surface area contributed by atoms with Crippen molar-refractivity contribution >= 4 is 12.4 Å². The van der Waals surface area contributed by atoms with Crippen molar-refractivity contribution in [2.45, 2.75) is 51.5 Å². The van der Waals surface area contributed by atoms with Crippen LogP contribution in [0.4, 0.5) is 4.39 Å². The third-order valence-electron chi connectivity index (χ3n) is 6.26. The van der Waals surface area contributed by atoms with Crippen LogP contribution in [-0.4, -0.2) is 38.4 Å². The maximum Gasteiger partial charge on any atom is 0.258 e. The van der Waals surface area contributed by atoms with Crippen LogP contribution in [-0.2, 0) is 16.9 Å². The SMILES string of the molecule is CC(C)(O)c1nc(-c2cncc([C@@](O)(c3ccc(C(C)(C)F)cc3)C3(C)CNC3)c2)no1.Cl. The molecular formula is C24H30ClFN4O3. The van der Waals surface area contributed by atoms with Crippen molar-refractivity contribution in [1.82, 2.24) is 20.4 Å². The molecule has 0 spiro atoms. The van der Waals surface area contributed by atoms with E-state index in [0.29, 0.717) is 35.3 Å². The third kappa shape index (κ3) is 4.40. The Balaban J connectivity index is 0.00000306. The lowest BCUT2D eigenvalue weighted by molar-refractivity contribution is -0.0769. The first-order valence-corrected chi connectivity index (χ1v) is 10.6. The van der Waals surface area contributed by atoms with Gasteiger partial charge in [0, 0.05) is 42.0 Å². The van der Waals surface area contributed by atoms with E-state index in [0.717, 1.165) is 0 Å². The zero-order chi connectivity index (χ0) is 23.4. The van der Waals surface area contributed by atoms with E-state index in [4.69, 9.17) is 4.52 Å². The van der Waals surface area contributed by atoms with Crippen molar-refractivity contribution in [3.8, 4) is 11.4 Å². The number of nitrogens with zero attached hydrogens (tertiary/aromatic N) is 3. The molecule has 178 valence electrons. The van der Waals surface area contributed by atoms with Crippen LogP contribution in [0.15, 0.2) is 47.2 Å². The maximum absolute atomic E-state index is 14.4. The highest BCUT2D eigenvalue weighted by atomic mass is 35.5. The summed E-state index contributed by atoms with van der Waals surface area (Å²) in [5.74, 6) is 0.359. The van der Waals surface area contributed by atoms with E-state index in [-0.39, 0.29) is 24.1 Å². The molecule has 1 saturated heterocycles. The number of rotatable bonds is 6. The molecule has 3 N–H and O–H groups in total. The summed E-state index contributed by atoms with van der Waals surface area (Å²) in [6.45, 7) is 9.35. The second-order valence-electron chi connectivity index (χ2n) is 9.87. The Morgan fingerprint density at radius 2 is 1.61 bits per heavy atom. The number of aliphatic hydroxyl groups is 2. The Labute approximate surface area is 198 Å². The van der Waals surface area contributed by atoms with Crippen molar-refractivity contribution in [2.75, 3.05) is 13.1 Å². The summed E-state index contributed by atoms with van der Waals surface area (Å²) in [6, 6.07) is 8.74. The minimum atomic E-state index is -1.48. The fraction of sp³-hybridized carbons (Fsp3) is 0.458. The van der Waals surface area contributed by atoms with Gasteiger partial charge in [0.25, 0.3) is 5.89 Å². The Morgan fingerprint density at radius 1 is 1.00 bits per heavy atom. The highest BCUT2D eigenvalue weighted by Gasteiger charge is 2.53. The number of alkyl halides is 1. The van der Waals surface area contributed by atoms with Gasteiger partial charge in [-0.05, 0) is 44.9 Å². The van der Waals surface area contributed by atoms with Crippen molar-refractivity contribution in [3.05, 3.63) is 65.3 Å².